The Morgan fingerprint density at radius 2 is 1.83 bits per heavy atom. The fraction of sp³-hybridized carbons (Fsp3) is 0.200. The van der Waals surface area contributed by atoms with Crippen LogP contribution in [0.4, 0.5) is 11.4 Å². The summed E-state index contributed by atoms with van der Waals surface area (Å²) in [6.07, 6.45) is -0.0136. The third-order valence-corrected chi connectivity index (χ3v) is 5.60. The Morgan fingerprint density at radius 3 is 2.41 bits per heavy atom. The number of thioether (sulfide) groups is 1. The number of anilines is 1. The number of aliphatic imine (C=N–C) groups is 1. The van der Waals surface area contributed by atoms with Gasteiger partial charge in [0, 0.05) is 23.7 Å². The SMILES string of the molecule is CCN1C(=O)C(CC(=O)Nc2ccc(C(=O)O)cc2)SC1=Nc1ccc(Cl)cc1. The molecule has 1 saturated heterocycles. The number of carbonyl (C=O) groups excluding carboxylic acids is 2. The molecule has 0 spiro atoms. The summed E-state index contributed by atoms with van der Waals surface area (Å²) in [5, 5.41) is 12.2. The molecule has 2 aromatic carbocycles. The van der Waals surface area contributed by atoms with E-state index in [4.69, 9.17) is 16.7 Å². The monoisotopic (exact) mass is 431 g/mol. The first-order chi connectivity index (χ1) is 13.9. The molecule has 0 bridgehead atoms. The molecule has 2 aromatic rings. The Morgan fingerprint density at radius 1 is 1.17 bits per heavy atom. The van der Waals surface area contributed by atoms with E-state index in [2.05, 4.69) is 10.3 Å². The van der Waals surface area contributed by atoms with Crippen LogP contribution in [0.15, 0.2) is 53.5 Å². The van der Waals surface area contributed by atoms with Gasteiger partial charge in [-0.15, -0.1) is 0 Å². The summed E-state index contributed by atoms with van der Waals surface area (Å²) in [4.78, 5) is 42.0. The van der Waals surface area contributed by atoms with Crippen LogP contribution in [-0.2, 0) is 9.59 Å². The molecule has 1 aliphatic heterocycles. The zero-order chi connectivity index (χ0) is 21.0. The van der Waals surface area contributed by atoms with Crippen molar-refractivity contribution in [3.8, 4) is 0 Å². The van der Waals surface area contributed by atoms with Gasteiger partial charge in [0.2, 0.25) is 11.8 Å². The molecule has 2 N–H and O–H groups in total. The number of carbonyl (C=O) groups is 3. The predicted octanol–water partition coefficient (Wildman–Crippen LogP) is 4.02. The minimum absolute atomic E-state index is 0.0136. The molecule has 9 heteroatoms. The quantitative estimate of drug-likeness (QED) is 0.719. The van der Waals surface area contributed by atoms with E-state index < -0.39 is 11.2 Å². The van der Waals surface area contributed by atoms with Crippen LogP contribution >= 0.6 is 23.4 Å². The van der Waals surface area contributed by atoms with Crippen molar-refractivity contribution in [1.29, 1.82) is 0 Å². The standard InChI is InChI=1S/C20H18ClN3O4S/c1-2-24-18(26)16(29-20(24)23-15-9-5-13(21)6-10-15)11-17(25)22-14-7-3-12(4-8-14)19(27)28/h3-10,16H,2,11H2,1H3,(H,22,25)(H,27,28). The number of carboxylic acid groups (broad SMARTS) is 1. The summed E-state index contributed by atoms with van der Waals surface area (Å²) in [6.45, 7) is 2.30. The average Bonchev–Trinajstić information content (AvgIpc) is 2.98. The van der Waals surface area contributed by atoms with Crippen molar-refractivity contribution in [1.82, 2.24) is 4.90 Å². The number of nitrogens with zero attached hydrogens (tertiary/aromatic N) is 2. The molecular weight excluding hydrogens is 414 g/mol. The van der Waals surface area contributed by atoms with Crippen molar-refractivity contribution < 1.29 is 19.5 Å². The minimum atomic E-state index is -1.04. The van der Waals surface area contributed by atoms with Crippen LogP contribution in [-0.4, -0.2) is 44.8 Å². The Balaban J connectivity index is 1.67. The highest BCUT2D eigenvalue weighted by atomic mass is 35.5. The Labute approximate surface area is 176 Å². The fourth-order valence-electron chi connectivity index (χ4n) is 2.72. The third-order valence-electron chi connectivity index (χ3n) is 4.17. The number of hydrogen-bond donors (Lipinski definition) is 2. The van der Waals surface area contributed by atoms with Crippen molar-refractivity contribution in [3.05, 3.63) is 59.1 Å². The number of aromatic carboxylic acids is 1. The minimum Gasteiger partial charge on any atom is -0.478 e. The maximum Gasteiger partial charge on any atom is 0.335 e. The molecule has 1 fully saturated rings. The second-order valence-corrected chi connectivity index (χ2v) is 7.80. The first-order valence-corrected chi connectivity index (χ1v) is 10.1. The fourth-order valence-corrected chi connectivity index (χ4v) is 4.07. The van der Waals surface area contributed by atoms with Crippen molar-refractivity contribution >= 4 is 57.7 Å². The maximum atomic E-state index is 12.7. The zero-order valence-electron chi connectivity index (χ0n) is 15.5. The lowest BCUT2D eigenvalue weighted by molar-refractivity contribution is -0.128. The van der Waals surface area contributed by atoms with Crippen LogP contribution in [0.25, 0.3) is 0 Å². The van der Waals surface area contributed by atoms with Gasteiger partial charge in [-0.1, -0.05) is 23.4 Å². The molecule has 0 aromatic heterocycles. The van der Waals surface area contributed by atoms with E-state index in [1.165, 1.54) is 36.0 Å². The zero-order valence-corrected chi connectivity index (χ0v) is 17.0. The Hall–Kier alpha value is -2.84. The summed E-state index contributed by atoms with van der Waals surface area (Å²) in [7, 11) is 0. The molecule has 7 nitrogen and oxygen atoms in total. The first kappa shape index (κ1) is 20.9. The number of amidine groups is 1. The summed E-state index contributed by atoms with van der Waals surface area (Å²) in [6, 6.07) is 12.8. The van der Waals surface area contributed by atoms with Crippen LogP contribution in [0.5, 0.6) is 0 Å². The molecule has 2 amide bonds. The lowest BCUT2D eigenvalue weighted by Crippen LogP contribution is -2.33. The number of hydrogen-bond acceptors (Lipinski definition) is 5. The van der Waals surface area contributed by atoms with Gasteiger partial charge in [0.25, 0.3) is 0 Å². The second kappa shape index (κ2) is 9.11. The molecule has 1 atom stereocenters. The number of halogens is 1. The van der Waals surface area contributed by atoms with E-state index in [0.717, 1.165) is 0 Å². The Kier molecular flexibility index (Phi) is 6.56. The van der Waals surface area contributed by atoms with Gasteiger partial charge in [-0.25, -0.2) is 9.79 Å². The van der Waals surface area contributed by atoms with Crippen LogP contribution < -0.4 is 5.32 Å². The normalized spacial score (nSPS) is 17.6. The summed E-state index contributed by atoms with van der Waals surface area (Å²) < 4.78 is 0. The average molecular weight is 432 g/mol. The van der Waals surface area contributed by atoms with E-state index >= 15 is 0 Å². The maximum absolute atomic E-state index is 12.7. The van der Waals surface area contributed by atoms with Gasteiger partial charge in [-0.2, -0.15) is 0 Å². The number of carboxylic acids is 1. The van der Waals surface area contributed by atoms with Gasteiger partial charge in [0.1, 0.15) is 5.25 Å². The smallest absolute Gasteiger partial charge is 0.335 e. The van der Waals surface area contributed by atoms with Crippen molar-refractivity contribution in [2.45, 2.75) is 18.6 Å². The topological polar surface area (TPSA) is 99.1 Å². The number of rotatable bonds is 6. The van der Waals surface area contributed by atoms with E-state index in [1.807, 2.05) is 6.92 Å². The van der Waals surface area contributed by atoms with E-state index in [9.17, 15) is 14.4 Å². The van der Waals surface area contributed by atoms with Crippen molar-refractivity contribution in [3.63, 3.8) is 0 Å². The van der Waals surface area contributed by atoms with Gasteiger partial charge < -0.3 is 10.4 Å². The molecule has 29 heavy (non-hydrogen) atoms. The van der Waals surface area contributed by atoms with E-state index in [-0.39, 0.29) is 23.8 Å². The van der Waals surface area contributed by atoms with Gasteiger partial charge in [0.15, 0.2) is 5.17 Å². The summed E-state index contributed by atoms with van der Waals surface area (Å²) in [5.41, 5.74) is 1.27. The predicted molar refractivity (Wildman–Crippen MR) is 114 cm³/mol. The molecule has 1 unspecified atom stereocenters. The molecule has 150 valence electrons. The lowest BCUT2D eigenvalue weighted by Gasteiger charge is -2.13. The third kappa shape index (κ3) is 5.16. The van der Waals surface area contributed by atoms with E-state index in [0.29, 0.717) is 28.1 Å². The molecule has 0 saturated carbocycles. The highest BCUT2D eigenvalue weighted by molar-refractivity contribution is 8.15. The molecule has 0 aliphatic carbocycles. The molecular formula is C20H18ClN3O4S. The van der Waals surface area contributed by atoms with Crippen LogP contribution in [0.3, 0.4) is 0 Å². The first-order valence-electron chi connectivity index (χ1n) is 8.83. The van der Waals surface area contributed by atoms with Gasteiger partial charge in [-0.3, -0.25) is 14.5 Å². The van der Waals surface area contributed by atoms with Crippen LogP contribution in [0, 0.1) is 0 Å². The van der Waals surface area contributed by atoms with E-state index in [1.54, 1.807) is 29.2 Å². The number of benzene rings is 2. The second-order valence-electron chi connectivity index (χ2n) is 6.19. The van der Waals surface area contributed by atoms with Crippen LogP contribution in [0.1, 0.15) is 23.7 Å². The molecule has 1 heterocycles. The van der Waals surface area contributed by atoms with Gasteiger partial charge in [0.05, 0.1) is 11.3 Å². The van der Waals surface area contributed by atoms with Crippen LogP contribution in [0.2, 0.25) is 5.02 Å². The van der Waals surface area contributed by atoms with Gasteiger partial charge >= 0.3 is 5.97 Å². The molecule has 0 radical (unpaired) electrons. The molecule has 1 aliphatic rings. The Bertz CT molecular complexity index is 961. The summed E-state index contributed by atoms with van der Waals surface area (Å²) >= 11 is 7.14. The van der Waals surface area contributed by atoms with Crippen molar-refractivity contribution in [2.24, 2.45) is 4.99 Å². The molecule has 3 rings (SSSR count). The highest BCUT2D eigenvalue weighted by Crippen LogP contribution is 2.32. The van der Waals surface area contributed by atoms with Crippen molar-refractivity contribution in [2.75, 3.05) is 11.9 Å². The highest BCUT2D eigenvalue weighted by Gasteiger charge is 2.38. The number of nitrogens with one attached hydrogen (secondary N) is 1. The largest absolute Gasteiger partial charge is 0.478 e. The summed E-state index contributed by atoms with van der Waals surface area (Å²) in [5.74, 6) is -1.53. The lowest BCUT2D eigenvalue weighted by atomic mass is 10.2. The number of amides is 2. The van der Waals surface area contributed by atoms with Gasteiger partial charge in [-0.05, 0) is 55.5 Å².